The minimum absolute atomic E-state index is 0.597. The van der Waals surface area contributed by atoms with E-state index in [1.54, 1.807) is 0 Å². The van der Waals surface area contributed by atoms with Gasteiger partial charge in [-0.05, 0) is 20.3 Å². The van der Waals surface area contributed by atoms with E-state index in [9.17, 15) is 0 Å². The van der Waals surface area contributed by atoms with Crippen molar-refractivity contribution >= 4 is 0 Å². The first kappa shape index (κ1) is 11.2. The molecule has 0 aliphatic carbocycles. The summed E-state index contributed by atoms with van der Waals surface area (Å²) >= 11 is 0. The zero-order valence-electron chi connectivity index (χ0n) is 10.8. The number of hydrogen-bond acceptors (Lipinski definition) is 3. The molecule has 2 aliphatic rings. The fourth-order valence-corrected chi connectivity index (χ4v) is 3.03. The summed E-state index contributed by atoms with van der Waals surface area (Å²) < 4.78 is 2.30. The Labute approximate surface area is 103 Å². The molecule has 17 heavy (non-hydrogen) atoms. The molecule has 3 rings (SSSR count). The quantitative estimate of drug-likeness (QED) is 0.834. The second-order valence-corrected chi connectivity index (χ2v) is 5.52. The summed E-state index contributed by atoms with van der Waals surface area (Å²) in [5, 5.41) is 8.03. The number of rotatable bonds is 2. The van der Waals surface area contributed by atoms with Crippen molar-refractivity contribution in [3.8, 4) is 0 Å². The number of nitrogens with zero attached hydrogens (tertiary/aromatic N) is 3. The van der Waals surface area contributed by atoms with Crippen LogP contribution >= 0.6 is 0 Å². The lowest BCUT2D eigenvalue weighted by Crippen LogP contribution is -2.30. The first-order chi connectivity index (χ1) is 8.25. The number of likely N-dealkylation sites (tertiary alicyclic amines) is 1. The molecule has 4 nitrogen and oxygen atoms in total. The van der Waals surface area contributed by atoms with E-state index in [1.807, 2.05) is 0 Å². The van der Waals surface area contributed by atoms with Crippen LogP contribution in [0.1, 0.15) is 37.6 Å². The lowest BCUT2D eigenvalue weighted by atomic mass is 10.1. The minimum atomic E-state index is 0.597. The normalized spacial score (nSPS) is 25.5. The average molecular weight is 234 g/mol. The van der Waals surface area contributed by atoms with Crippen molar-refractivity contribution in [1.29, 1.82) is 0 Å². The molecule has 1 aromatic heterocycles. The summed E-state index contributed by atoms with van der Waals surface area (Å²) in [6.45, 7) is 9.04. The van der Waals surface area contributed by atoms with E-state index < -0.39 is 0 Å². The fraction of sp³-hybridized carbons (Fsp3) is 0.769. The molecule has 94 valence electrons. The van der Waals surface area contributed by atoms with Crippen molar-refractivity contribution in [2.45, 2.75) is 45.3 Å². The number of hydrogen-bond donors (Lipinski definition) is 1. The first-order valence-electron chi connectivity index (χ1n) is 6.75. The highest BCUT2D eigenvalue weighted by Crippen LogP contribution is 2.26. The summed E-state index contributed by atoms with van der Waals surface area (Å²) in [4.78, 5) is 2.56. The van der Waals surface area contributed by atoms with Gasteiger partial charge in [0.2, 0.25) is 0 Å². The summed E-state index contributed by atoms with van der Waals surface area (Å²) in [6.07, 6.45) is 4.44. The Morgan fingerprint density at radius 1 is 1.47 bits per heavy atom. The van der Waals surface area contributed by atoms with Gasteiger partial charge >= 0.3 is 0 Å². The van der Waals surface area contributed by atoms with E-state index in [1.165, 1.54) is 30.8 Å². The summed E-state index contributed by atoms with van der Waals surface area (Å²) in [5.74, 6) is 0. The van der Waals surface area contributed by atoms with Gasteiger partial charge in [0.15, 0.2) is 0 Å². The third-order valence-corrected chi connectivity index (χ3v) is 4.11. The van der Waals surface area contributed by atoms with Crippen LogP contribution in [0, 0.1) is 0 Å². The van der Waals surface area contributed by atoms with Crippen LogP contribution in [-0.4, -0.2) is 40.4 Å². The molecule has 1 atom stereocenters. The van der Waals surface area contributed by atoms with E-state index >= 15 is 0 Å². The van der Waals surface area contributed by atoms with E-state index in [-0.39, 0.29) is 0 Å². The van der Waals surface area contributed by atoms with Crippen LogP contribution in [0.3, 0.4) is 0 Å². The Morgan fingerprint density at radius 3 is 3.12 bits per heavy atom. The molecule has 0 spiro atoms. The summed E-state index contributed by atoms with van der Waals surface area (Å²) in [5.41, 5.74) is 2.87. The molecule has 0 saturated carbocycles. The highest BCUT2D eigenvalue weighted by molar-refractivity contribution is 5.21. The van der Waals surface area contributed by atoms with E-state index in [2.05, 4.69) is 40.0 Å². The third kappa shape index (κ3) is 2.00. The molecule has 0 radical (unpaired) electrons. The van der Waals surface area contributed by atoms with Gasteiger partial charge in [0, 0.05) is 49.9 Å². The van der Waals surface area contributed by atoms with Crippen LogP contribution in [0.25, 0.3) is 0 Å². The average Bonchev–Trinajstić information content (AvgIpc) is 2.95. The molecule has 2 aliphatic heterocycles. The van der Waals surface area contributed by atoms with Gasteiger partial charge in [-0.25, -0.2) is 0 Å². The molecular formula is C13H22N4. The Hall–Kier alpha value is -0.870. The Balaban J connectivity index is 1.79. The smallest absolute Gasteiger partial charge is 0.0661 e. The van der Waals surface area contributed by atoms with Gasteiger partial charge in [-0.15, -0.1) is 0 Å². The molecule has 0 amide bonds. The maximum atomic E-state index is 4.62. The topological polar surface area (TPSA) is 33.1 Å². The van der Waals surface area contributed by atoms with Crippen molar-refractivity contribution in [2.75, 3.05) is 19.6 Å². The predicted octanol–water partition coefficient (Wildman–Crippen LogP) is 1.18. The van der Waals surface area contributed by atoms with Crippen molar-refractivity contribution in [3.63, 3.8) is 0 Å². The molecule has 1 saturated heterocycles. The lowest BCUT2D eigenvalue weighted by Gasteiger charge is -2.22. The molecule has 0 aromatic carbocycles. The molecule has 0 bridgehead atoms. The van der Waals surface area contributed by atoms with E-state index in [0.29, 0.717) is 12.1 Å². The minimum Gasteiger partial charge on any atom is -0.312 e. The van der Waals surface area contributed by atoms with Crippen LogP contribution in [0.15, 0.2) is 6.20 Å². The molecule has 1 unspecified atom stereocenters. The largest absolute Gasteiger partial charge is 0.312 e. The number of fused-ring (bicyclic) bond motifs is 1. The molecular weight excluding hydrogens is 212 g/mol. The van der Waals surface area contributed by atoms with Crippen molar-refractivity contribution in [3.05, 3.63) is 17.5 Å². The van der Waals surface area contributed by atoms with Crippen LogP contribution in [0.2, 0.25) is 0 Å². The lowest BCUT2D eigenvalue weighted by molar-refractivity contribution is 0.261. The zero-order chi connectivity index (χ0) is 11.8. The van der Waals surface area contributed by atoms with Crippen LogP contribution in [-0.2, 0) is 13.0 Å². The van der Waals surface area contributed by atoms with E-state index in [0.717, 1.165) is 19.5 Å². The monoisotopic (exact) mass is 234 g/mol. The molecule has 4 heteroatoms. The van der Waals surface area contributed by atoms with Crippen molar-refractivity contribution < 1.29 is 0 Å². The van der Waals surface area contributed by atoms with Crippen molar-refractivity contribution in [1.82, 2.24) is 20.0 Å². The maximum absolute atomic E-state index is 4.62. The zero-order valence-corrected chi connectivity index (χ0v) is 10.8. The fourth-order valence-electron chi connectivity index (χ4n) is 3.03. The third-order valence-electron chi connectivity index (χ3n) is 4.11. The van der Waals surface area contributed by atoms with E-state index in [4.69, 9.17) is 0 Å². The van der Waals surface area contributed by atoms with Gasteiger partial charge in [-0.2, -0.15) is 5.10 Å². The van der Waals surface area contributed by atoms with Gasteiger partial charge in [-0.3, -0.25) is 9.58 Å². The SMILES string of the molecule is CC(C)N1CCC(n2ncc3c2CCNC3)C1. The second kappa shape index (κ2) is 4.42. The van der Waals surface area contributed by atoms with Crippen LogP contribution in [0.4, 0.5) is 0 Å². The summed E-state index contributed by atoms with van der Waals surface area (Å²) in [7, 11) is 0. The predicted molar refractivity (Wildman–Crippen MR) is 68.0 cm³/mol. The summed E-state index contributed by atoms with van der Waals surface area (Å²) in [6, 6.07) is 1.26. The highest BCUT2D eigenvalue weighted by atomic mass is 15.3. The van der Waals surface area contributed by atoms with Crippen LogP contribution < -0.4 is 5.32 Å². The van der Waals surface area contributed by atoms with Crippen LogP contribution in [0.5, 0.6) is 0 Å². The maximum Gasteiger partial charge on any atom is 0.0661 e. The highest BCUT2D eigenvalue weighted by Gasteiger charge is 2.28. The first-order valence-corrected chi connectivity index (χ1v) is 6.75. The molecule has 3 heterocycles. The molecule has 1 aromatic rings. The molecule has 1 fully saturated rings. The van der Waals surface area contributed by atoms with Gasteiger partial charge in [0.25, 0.3) is 0 Å². The number of nitrogens with one attached hydrogen (secondary N) is 1. The Morgan fingerprint density at radius 2 is 2.35 bits per heavy atom. The van der Waals surface area contributed by atoms with Gasteiger partial charge in [-0.1, -0.05) is 0 Å². The number of aromatic nitrogens is 2. The Kier molecular flexibility index (Phi) is 2.92. The Bertz CT molecular complexity index is 396. The van der Waals surface area contributed by atoms with Crippen molar-refractivity contribution in [2.24, 2.45) is 0 Å². The van der Waals surface area contributed by atoms with Gasteiger partial charge in [0.1, 0.15) is 0 Å². The molecule has 1 N–H and O–H groups in total. The standard InChI is InChI=1S/C13H22N4/c1-10(2)16-6-4-12(9-16)17-13-3-5-14-7-11(13)8-15-17/h8,10,12,14H,3-7,9H2,1-2H3. The second-order valence-electron chi connectivity index (χ2n) is 5.52. The van der Waals surface area contributed by atoms with Gasteiger partial charge in [0.05, 0.1) is 12.2 Å². The van der Waals surface area contributed by atoms with Gasteiger partial charge < -0.3 is 5.32 Å².